The van der Waals surface area contributed by atoms with Crippen molar-refractivity contribution in [2.45, 2.75) is 32.4 Å². The van der Waals surface area contributed by atoms with Gasteiger partial charge in [0.15, 0.2) is 5.65 Å². The maximum Gasteiger partial charge on any atom is 0.162 e. The first-order valence-corrected chi connectivity index (χ1v) is 12.5. The van der Waals surface area contributed by atoms with Gasteiger partial charge in [0.25, 0.3) is 0 Å². The van der Waals surface area contributed by atoms with Crippen molar-refractivity contribution in [1.29, 1.82) is 0 Å². The summed E-state index contributed by atoms with van der Waals surface area (Å²) in [6, 6.07) is 11.5. The highest BCUT2D eigenvalue weighted by molar-refractivity contribution is 6.76. The molecule has 3 rings (SSSR count). The lowest BCUT2D eigenvalue weighted by Crippen LogP contribution is -2.22. The molecule has 0 N–H and O–H groups in total. The maximum atomic E-state index is 7.43. The quantitative estimate of drug-likeness (QED) is 0.320. The number of para-hydroxylation sites is 1. The molecule has 0 saturated heterocycles. The molecule has 0 bridgehead atoms. The molecule has 0 unspecified atom stereocenters. The highest BCUT2D eigenvalue weighted by atomic mass is 35.5. The van der Waals surface area contributed by atoms with Gasteiger partial charge in [-0.2, -0.15) is 5.10 Å². The summed E-state index contributed by atoms with van der Waals surface area (Å²) in [6.07, 6.45) is 0. The summed E-state index contributed by atoms with van der Waals surface area (Å²) in [5.74, 6) is 0.230. The molecule has 7 heteroatoms. The molecule has 0 atom stereocenters. The minimum Gasteiger partial charge on any atom is -0.496 e. The van der Waals surface area contributed by atoms with Gasteiger partial charge in [-0.15, -0.1) is 0 Å². The first-order chi connectivity index (χ1) is 13.5. The van der Waals surface area contributed by atoms with E-state index in [4.69, 9.17) is 25.2 Å². The van der Waals surface area contributed by atoms with Crippen molar-refractivity contribution >= 4 is 30.7 Å². The number of hydrogen-bond donors (Lipinski definition) is 0. The third-order valence-corrected chi connectivity index (χ3v) is 5.94. The van der Waals surface area contributed by atoms with E-state index in [0.29, 0.717) is 28.7 Å². The Hall–Kier alpha value is -1.89. The Kier molecular flexibility index (Phi) is 4.54. The van der Waals surface area contributed by atoms with Crippen LogP contribution in [-0.2, 0) is 11.5 Å². The number of ether oxygens (including phenoxy) is 2. The number of benzene rings is 1. The standard InChI is InChI=1S/C19H24ClN3O2Si/c1-24-16-8-6-5-7-14(16)18-15-9-10-17(20)21-19(15)23(22-18)13-25-11-12-26(2,3)4/h5-10H,11-13H2,1-4H3/i1D3. The number of halogens is 1. The van der Waals surface area contributed by atoms with Crippen molar-refractivity contribution < 1.29 is 13.6 Å². The van der Waals surface area contributed by atoms with Crippen molar-refractivity contribution in [1.82, 2.24) is 14.8 Å². The normalized spacial score (nSPS) is 14.1. The van der Waals surface area contributed by atoms with Crippen molar-refractivity contribution in [2.24, 2.45) is 0 Å². The van der Waals surface area contributed by atoms with Crippen molar-refractivity contribution in [3.63, 3.8) is 0 Å². The predicted molar refractivity (Wildman–Crippen MR) is 109 cm³/mol. The van der Waals surface area contributed by atoms with Crippen LogP contribution in [0, 0.1) is 0 Å². The number of methoxy groups -OCH3 is 1. The Morgan fingerprint density at radius 3 is 2.77 bits per heavy atom. The number of hydrogen-bond acceptors (Lipinski definition) is 4. The van der Waals surface area contributed by atoms with Crippen molar-refractivity contribution in [2.75, 3.05) is 13.6 Å². The highest BCUT2D eigenvalue weighted by Gasteiger charge is 2.17. The smallest absolute Gasteiger partial charge is 0.162 e. The molecule has 0 radical (unpaired) electrons. The fourth-order valence-electron chi connectivity index (χ4n) is 2.60. The number of nitrogens with zero attached hydrogens (tertiary/aromatic N) is 3. The van der Waals surface area contributed by atoms with E-state index >= 15 is 0 Å². The van der Waals surface area contributed by atoms with E-state index in [2.05, 4.69) is 29.7 Å². The SMILES string of the molecule is [2H]C([2H])([2H])Oc1ccccc1-c1nn(COCC[Si](C)(C)C)c2nc(Cl)ccc12. The molecule has 0 amide bonds. The second kappa shape index (κ2) is 7.78. The van der Waals surface area contributed by atoms with Crippen LogP contribution in [-0.4, -0.2) is 36.5 Å². The molecule has 26 heavy (non-hydrogen) atoms. The van der Waals surface area contributed by atoms with E-state index in [-0.39, 0.29) is 12.5 Å². The Morgan fingerprint density at radius 2 is 2.00 bits per heavy atom. The summed E-state index contributed by atoms with van der Waals surface area (Å²) in [5, 5.41) is 5.73. The van der Waals surface area contributed by atoms with E-state index in [1.54, 1.807) is 35.0 Å². The van der Waals surface area contributed by atoms with Crippen LogP contribution in [0.5, 0.6) is 5.75 Å². The molecule has 0 spiro atoms. The van der Waals surface area contributed by atoms with E-state index in [9.17, 15) is 0 Å². The molecule has 0 saturated carbocycles. The molecule has 1 aromatic carbocycles. The molecule has 3 aromatic rings. The van der Waals surface area contributed by atoms with Gasteiger partial charge >= 0.3 is 0 Å². The molecule has 2 heterocycles. The lowest BCUT2D eigenvalue weighted by Gasteiger charge is -2.15. The number of rotatable bonds is 7. The predicted octanol–water partition coefficient (Wildman–Crippen LogP) is 5.07. The lowest BCUT2D eigenvalue weighted by molar-refractivity contribution is 0.0814. The van der Waals surface area contributed by atoms with Crippen LogP contribution >= 0.6 is 11.6 Å². The van der Waals surface area contributed by atoms with Crippen LogP contribution in [0.1, 0.15) is 4.11 Å². The summed E-state index contributed by atoms with van der Waals surface area (Å²) in [6.45, 7) is 7.76. The van der Waals surface area contributed by atoms with Crippen LogP contribution in [0.25, 0.3) is 22.3 Å². The van der Waals surface area contributed by atoms with Gasteiger partial charge in [0.1, 0.15) is 23.3 Å². The van der Waals surface area contributed by atoms with E-state index in [1.165, 1.54) is 0 Å². The van der Waals surface area contributed by atoms with Gasteiger partial charge in [0.2, 0.25) is 0 Å². The Morgan fingerprint density at radius 1 is 1.19 bits per heavy atom. The average Bonchev–Trinajstić information content (AvgIpc) is 2.95. The summed E-state index contributed by atoms with van der Waals surface area (Å²) >= 11 is 6.10. The highest BCUT2D eigenvalue weighted by Crippen LogP contribution is 2.34. The Bertz CT molecular complexity index is 1000. The molecule has 0 aliphatic carbocycles. The van der Waals surface area contributed by atoms with E-state index < -0.39 is 15.1 Å². The average molecular weight is 393 g/mol. The molecule has 5 nitrogen and oxygen atoms in total. The fraction of sp³-hybridized carbons (Fsp3) is 0.368. The summed E-state index contributed by atoms with van der Waals surface area (Å²) in [7, 11) is -3.76. The molecular formula is C19H24ClN3O2Si. The van der Waals surface area contributed by atoms with Gasteiger partial charge in [0.05, 0.1) is 11.2 Å². The van der Waals surface area contributed by atoms with Gasteiger partial charge in [0, 0.05) is 25.6 Å². The summed E-state index contributed by atoms with van der Waals surface area (Å²) < 4.78 is 34.9. The van der Waals surface area contributed by atoms with E-state index in [1.807, 2.05) is 6.07 Å². The van der Waals surface area contributed by atoms with Crippen LogP contribution in [0.15, 0.2) is 36.4 Å². The molecular weight excluding hydrogens is 366 g/mol. The monoisotopic (exact) mass is 392 g/mol. The van der Waals surface area contributed by atoms with Gasteiger partial charge < -0.3 is 9.47 Å². The largest absolute Gasteiger partial charge is 0.496 e. The van der Waals surface area contributed by atoms with Crippen LogP contribution < -0.4 is 4.74 Å². The topological polar surface area (TPSA) is 49.2 Å². The van der Waals surface area contributed by atoms with Crippen molar-refractivity contribution in [3.05, 3.63) is 41.6 Å². The van der Waals surface area contributed by atoms with Gasteiger partial charge in [-0.25, -0.2) is 9.67 Å². The van der Waals surface area contributed by atoms with Gasteiger partial charge in [-0.3, -0.25) is 0 Å². The zero-order valence-electron chi connectivity index (χ0n) is 18.1. The third kappa shape index (κ3) is 4.26. The molecule has 0 aliphatic rings. The number of pyridine rings is 1. The summed E-state index contributed by atoms with van der Waals surface area (Å²) in [5.41, 5.74) is 1.71. The van der Waals surface area contributed by atoms with Crippen molar-refractivity contribution in [3.8, 4) is 17.0 Å². The zero-order valence-corrected chi connectivity index (χ0v) is 16.9. The number of fused-ring (bicyclic) bond motifs is 1. The van der Waals surface area contributed by atoms with Gasteiger partial charge in [-0.05, 0) is 30.3 Å². The van der Waals surface area contributed by atoms with Crippen LogP contribution in [0.4, 0.5) is 0 Å². The lowest BCUT2D eigenvalue weighted by atomic mass is 10.1. The minimum absolute atomic E-state index is 0.230. The Labute approximate surface area is 164 Å². The van der Waals surface area contributed by atoms with Gasteiger partial charge in [-0.1, -0.05) is 43.4 Å². The van der Waals surface area contributed by atoms with Crippen LogP contribution in [0.3, 0.4) is 0 Å². The maximum absolute atomic E-state index is 7.43. The second-order valence-corrected chi connectivity index (χ2v) is 13.3. The molecule has 138 valence electrons. The second-order valence-electron chi connectivity index (χ2n) is 7.30. The molecule has 0 aliphatic heterocycles. The zero-order chi connectivity index (χ0) is 21.2. The first kappa shape index (κ1) is 15.2. The first-order valence-electron chi connectivity index (χ1n) is 9.93. The third-order valence-electron chi connectivity index (χ3n) is 4.02. The number of aromatic nitrogens is 3. The van der Waals surface area contributed by atoms with E-state index in [0.717, 1.165) is 11.4 Å². The molecule has 2 aromatic heterocycles. The van der Waals surface area contributed by atoms with Crippen LogP contribution in [0.2, 0.25) is 30.8 Å². The minimum atomic E-state index is -2.56. The molecule has 0 fully saturated rings. The fourth-order valence-corrected chi connectivity index (χ4v) is 3.50. The Balaban J connectivity index is 1.98. The summed E-state index contributed by atoms with van der Waals surface area (Å²) in [4.78, 5) is 4.40.